The second-order valence-electron chi connectivity index (χ2n) is 4.36. The summed E-state index contributed by atoms with van der Waals surface area (Å²) < 4.78 is 0. The molecule has 0 unspecified atom stereocenters. The molecule has 2 N–H and O–H groups in total. The maximum Gasteiger partial charge on any atom is 0.270 e. The highest BCUT2D eigenvalue weighted by Gasteiger charge is 2.18. The number of carbonyl (C=O) groups is 1. The summed E-state index contributed by atoms with van der Waals surface area (Å²) in [5, 5.41) is 1.83. The molecule has 0 aliphatic carbocycles. The number of nitrogen functional groups attached to an aromatic ring is 1. The number of amides is 1. The smallest absolute Gasteiger partial charge is 0.270 e. The van der Waals surface area contributed by atoms with Gasteiger partial charge in [-0.05, 0) is 36.9 Å². The average Bonchev–Trinajstić information content (AvgIpc) is 2.74. The number of nitrogens with zero attached hydrogens (tertiary/aromatic N) is 1. The van der Waals surface area contributed by atoms with E-state index >= 15 is 0 Å². The zero-order chi connectivity index (χ0) is 13.3. The molecule has 4 heteroatoms. The molecule has 0 atom stereocenters. The van der Waals surface area contributed by atoms with E-state index in [4.69, 9.17) is 5.73 Å². The Bertz CT molecular complexity index is 589. The van der Waals surface area contributed by atoms with Crippen LogP contribution in [0, 0.1) is 13.8 Å². The highest BCUT2D eigenvalue weighted by molar-refractivity contribution is 7.12. The van der Waals surface area contributed by atoms with E-state index in [1.165, 1.54) is 16.9 Å². The fraction of sp³-hybridized carbons (Fsp3) is 0.214. The minimum absolute atomic E-state index is 0.0607. The summed E-state index contributed by atoms with van der Waals surface area (Å²) in [7, 11) is 1.78. The van der Waals surface area contributed by atoms with E-state index in [-0.39, 0.29) is 5.91 Å². The molecule has 94 valence electrons. The standard InChI is InChI=1S/C14H16N2OS/c1-9-4-5-12(10(2)8-9)16(3)14(17)13-11(15)6-7-18-13/h4-8H,15H2,1-3H3. The molecule has 2 aromatic rings. The Morgan fingerprint density at radius 1 is 1.28 bits per heavy atom. The first-order valence-electron chi connectivity index (χ1n) is 5.69. The van der Waals surface area contributed by atoms with Crippen LogP contribution in [0.25, 0.3) is 0 Å². The van der Waals surface area contributed by atoms with Crippen LogP contribution in [0.4, 0.5) is 11.4 Å². The van der Waals surface area contributed by atoms with Crippen LogP contribution in [0.15, 0.2) is 29.6 Å². The number of anilines is 2. The van der Waals surface area contributed by atoms with Crippen LogP contribution in [-0.2, 0) is 0 Å². The number of nitrogens with two attached hydrogens (primary N) is 1. The minimum Gasteiger partial charge on any atom is -0.397 e. The summed E-state index contributed by atoms with van der Waals surface area (Å²) in [5.41, 5.74) is 9.51. The van der Waals surface area contributed by atoms with Gasteiger partial charge in [-0.1, -0.05) is 17.7 Å². The number of aryl methyl sites for hydroxylation is 2. The fourth-order valence-corrected chi connectivity index (χ4v) is 2.73. The summed E-state index contributed by atoms with van der Waals surface area (Å²) in [5.74, 6) is -0.0607. The molecule has 0 radical (unpaired) electrons. The van der Waals surface area contributed by atoms with Crippen molar-refractivity contribution in [2.75, 3.05) is 17.7 Å². The Morgan fingerprint density at radius 2 is 2.00 bits per heavy atom. The van der Waals surface area contributed by atoms with Gasteiger partial charge in [0.2, 0.25) is 0 Å². The summed E-state index contributed by atoms with van der Waals surface area (Å²) in [6.07, 6.45) is 0. The lowest BCUT2D eigenvalue weighted by molar-refractivity contribution is 0.0997. The number of benzene rings is 1. The lowest BCUT2D eigenvalue weighted by Gasteiger charge is -2.19. The Labute approximate surface area is 111 Å². The van der Waals surface area contributed by atoms with Gasteiger partial charge in [-0.15, -0.1) is 11.3 Å². The van der Waals surface area contributed by atoms with Gasteiger partial charge in [0.05, 0.1) is 5.69 Å². The second kappa shape index (κ2) is 4.82. The first-order chi connectivity index (χ1) is 8.50. The third-order valence-corrected chi connectivity index (χ3v) is 3.83. The molecule has 1 heterocycles. The highest BCUT2D eigenvalue weighted by Crippen LogP contribution is 2.25. The van der Waals surface area contributed by atoms with Gasteiger partial charge in [0.25, 0.3) is 5.91 Å². The van der Waals surface area contributed by atoms with Crippen molar-refractivity contribution in [1.82, 2.24) is 0 Å². The fourth-order valence-electron chi connectivity index (χ4n) is 1.94. The Hall–Kier alpha value is -1.81. The Kier molecular flexibility index (Phi) is 3.39. The molecule has 18 heavy (non-hydrogen) atoms. The molecular formula is C14H16N2OS. The van der Waals surface area contributed by atoms with E-state index in [0.717, 1.165) is 11.3 Å². The third kappa shape index (κ3) is 2.24. The van der Waals surface area contributed by atoms with Crippen molar-refractivity contribution >= 4 is 28.6 Å². The van der Waals surface area contributed by atoms with Gasteiger partial charge in [0.1, 0.15) is 4.88 Å². The van der Waals surface area contributed by atoms with Crippen LogP contribution >= 0.6 is 11.3 Å². The molecule has 0 saturated heterocycles. The number of thiophene rings is 1. The predicted octanol–water partition coefficient (Wildman–Crippen LogP) is 3.22. The van der Waals surface area contributed by atoms with Gasteiger partial charge < -0.3 is 10.6 Å². The van der Waals surface area contributed by atoms with Gasteiger partial charge in [0.15, 0.2) is 0 Å². The van der Waals surface area contributed by atoms with Crippen LogP contribution in [0.5, 0.6) is 0 Å². The van der Waals surface area contributed by atoms with Crippen LogP contribution in [-0.4, -0.2) is 13.0 Å². The lowest BCUT2D eigenvalue weighted by atomic mass is 10.1. The molecule has 1 aromatic heterocycles. The first-order valence-corrected chi connectivity index (χ1v) is 6.57. The molecule has 0 bridgehead atoms. The van der Waals surface area contributed by atoms with Crippen molar-refractivity contribution in [3.63, 3.8) is 0 Å². The molecule has 1 aromatic carbocycles. The number of hydrogen-bond acceptors (Lipinski definition) is 3. The van der Waals surface area contributed by atoms with Crippen molar-refractivity contribution in [2.45, 2.75) is 13.8 Å². The maximum absolute atomic E-state index is 12.3. The number of hydrogen-bond donors (Lipinski definition) is 1. The third-order valence-electron chi connectivity index (χ3n) is 2.91. The van der Waals surface area contributed by atoms with Gasteiger partial charge in [0, 0.05) is 12.7 Å². The molecule has 0 aliphatic heterocycles. The molecule has 1 amide bonds. The Morgan fingerprint density at radius 3 is 2.56 bits per heavy atom. The van der Waals surface area contributed by atoms with Gasteiger partial charge in [-0.2, -0.15) is 0 Å². The molecule has 0 spiro atoms. The summed E-state index contributed by atoms with van der Waals surface area (Å²) in [4.78, 5) is 14.6. The molecule has 3 nitrogen and oxygen atoms in total. The van der Waals surface area contributed by atoms with Crippen LogP contribution < -0.4 is 10.6 Å². The summed E-state index contributed by atoms with van der Waals surface area (Å²) >= 11 is 1.37. The monoisotopic (exact) mass is 260 g/mol. The summed E-state index contributed by atoms with van der Waals surface area (Å²) in [6, 6.07) is 7.79. The van der Waals surface area contributed by atoms with Gasteiger partial charge in [-0.3, -0.25) is 4.79 Å². The van der Waals surface area contributed by atoms with Crippen molar-refractivity contribution in [1.29, 1.82) is 0 Å². The highest BCUT2D eigenvalue weighted by atomic mass is 32.1. The zero-order valence-electron chi connectivity index (χ0n) is 10.7. The average molecular weight is 260 g/mol. The molecule has 0 saturated carbocycles. The molecule has 0 fully saturated rings. The maximum atomic E-state index is 12.3. The molecule has 2 rings (SSSR count). The predicted molar refractivity (Wildman–Crippen MR) is 77.4 cm³/mol. The second-order valence-corrected chi connectivity index (χ2v) is 5.28. The summed E-state index contributed by atoms with van der Waals surface area (Å²) in [6.45, 7) is 4.04. The number of carbonyl (C=O) groups excluding carboxylic acids is 1. The topological polar surface area (TPSA) is 46.3 Å². The largest absolute Gasteiger partial charge is 0.397 e. The van der Waals surface area contributed by atoms with E-state index < -0.39 is 0 Å². The SMILES string of the molecule is Cc1ccc(N(C)C(=O)c2sccc2N)c(C)c1. The van der Waals surface area contributed by atoms with Crippen molar-refractivity contribution < 1.29 is 4.79 Å². The van der Waals surface area contributed by atoms with Crippen LogP contribution in [0.3, 0.4) is 0 Å². The van der Waals surface area contributed by atoms with Crippen LogP contribution in [0.2, 0.25) is 0 Å². The molecular weight excluding hydrogens is 244 g/mol. The van der Waals surface area contributed by atoms with E-state index in [9.17, 15) is 4.79 Å². The lowest BCUT2D eigenvalue weighted by Crippen LogP contribution is -2.26. The van der Waals surface area contributed by atoms with Crippen molar-refractivity contribution in [2.24, 2.45) is 0 Å². The van der Waals surface area contributed by atoms with Gasteiger partial charge in [-0.25, -0.2) is 0 Å². The van der Waals surface area contributed by atoms with Gasteiger partial charge >= 0.3 is 0 Å². The van der Waals surface area contributed by atoms with E-state index in [1.807, 2.05) is 31.4 Å². The quantitative estimate of drug-likeness (QED) is 0.901. The van der Waals surface area contributed by atoms with E-state index in [2.05, 4.69) is 6.07 Å². The van der Waals surface area contributed by atoms with Crippen molar-refractivity contribution in [3.8, 4) is 0 Å². The van der Waals surface area contributed by atoms with E-state index in [1.54, 1.807) is 18.0 Å². The van der Waals surface area contributed by atoms with E-state index in [0.29, 0.717) is 10.6 Å². The normalized spacial score (nSPS) is 10.4. The number of rotatable bonds is 2. The van der Waals surface area contributed by atoms with Crippen LogP contribution in [0.1, 0.15) is 20.8 Å². The Balaban J connectivity index is 2.34. The molecule has 0 aliphatic rings. The van der Waals surface area contributed by atoms with Crippen molar-refractivity contribution in [3.05, 3.63) is 45.6 Å². The first kappa shape index (κ1) is 12.6. The minimum atomic E-state index is -0.0607. The zero-order valence-corrected chi connectivity index (χ0v) is 11.5.